The van der Waals surface area contributed by atoms with Gasteiger partial charge in [-0.1, -0.05) is 17.7 Å². The number of hydrogen-bond acceptors (Lipinski definition) is 4. The van der Waals surface area contributed by atoms with Gasteiger partial charge in [-0.3, -0.25) is 5.32 Å². The third-order valence-corrected chi connectivity index (χ3v) is 3.46. The van der Waals surface area contributed by atoms with Gasteiger partial charge < -0.3 is 15.5 Å². The third kappa shape index (κ3) is 4.11. The smallest absolute Gasteiger partial charge is 0.337 e. The molecule has 0 spiro atoms. The van der Waals surface area contributed by atoms with Crippen LogP contribution in [-0.2, 0) is 4.79 Å². The number of nitrogens with one attached hydrogen (secondary N) is 2. The second kappa shape index (κ2) is 6.71. The number of aliphatic carboxylic acids is 1. The predicted octanol–water partition coefficient (Wildman–Crippen LogP) is 1.45. The highest BCUT2D eigenvalue weighted by molar-refractivity contribution is 5.89. The molecule has 8 heteroatoms. The summed E-state index contributed by atoms with van der Waals surface area (Å²) in [5, 5.41) is 27.5. The molecular weight excluding hydrogens is 312 g/mol. The topological polar surface area (TPSA) is 116 Å². The first-order valence-electron chi connectivity index (χ1n) is 7.33. The van der Waals surface area contributed by atoms with Crippen molar-refractivity contribution in [1.82, 2.24) is 15.1 Å². The lowest BCUT2D eigenvalue weighted by Gasteiger charge is -2.18. The Morgan fingerprint density at radius 2 is 1.88 bits per heavy atom. The summed E-state index contributed by atoms with van der Waals surface area (Å²) in [5.41, 5.74) is 0.785. The zero-order valence-corrected chi connectivity index (χ0v) is 13.7. The number of urea groups is 1. The molecule has 0 bridgehead atoms. The van der Waals surface area contributed by atoms with Crippen LogP contribution in [0.4, 0.5) is 10.6 Å². The number of carboxylic acid groups (broad SMARTS) is 1. The van der Waals surface area contributed by atoms with Crippen LogP contribution in [0.1, 0.15) is 18.2 Å². The summed E-state index contributed by atoms with van der Waals surface area (Å²) in [6.07, 6.45) is 0. The average Bonchev–Trinajstić information content (AvgIpc) is 2.86. The number of carbonyl (C=O) groups is 2. The molecule has 4 N–H and O–H groups in total. The quantitative estimate of drug-likeness (QED) is 0.661. The summed E-state index contributed by atoms with van der Waals surface area (Å²) in [5.74, 6) is -1.09. The number of benzene rings is 1. The fourth-order valence-corrected chi connectivity index (χ4v) is 1.97. The monoisotopic (exact) mass is 332 g/mol. The number of aromatic nitrogens is 2. The molecule has 8 nitrogen and oxygen atoms in total. The number of anilines is 1. The van der Waals surface area contributed by atoms with Crippen molar-refractivity contribution in [3.8, 4) is 5.69 Å². The van der Waals surface area contributed by atoms with E-state index in [0.29, 0.717) is 5.82 Å². The van der Waals surface area contributed by atoms with Crippen LogP contribution in [-0.4, -0.2) is 44.1 Å². The van der Waals surface area contributed by atoms with Crippen LogP contribution >= 0.6 is 0 Å². The lowest BCUT2D eigenvalue weighted by molar-refractivity contribution is -0.155. The summed E-state index contributed by atoms with van der Waals surface area (Å²) in [6.45, 7) is 4.52. The van der Waals surface area contributed by atoms with Gasteiger partial charge in [-0.25, -0.2) is 14.3 Å². The van der Waals surface area contributed by atoms with E-state index in [-0.39, 0.29) is 0 Å². The summed E-state index contributed by atoms with van der Waals surface area (Å²) in [4.78, 5) is 22.6. The number of carboxylic acids is 1. The summed E-state index contributed by atoms with van der Waals surface area (Å²) < 4.78 is 1.68. The molecule has 0 radical (unpaired) electrons. The maximum Gasteiger partial charge on any atom is 0.337 e. The van der Waals surface area contributed by atoms with Gasteiger partial charge >= 0.3 is 12.0 Å². The highest BCUT2D eigenvalue weighted by Gasteiger charge is 2.30. The lowest BCUT2D eigenvalue weighted by atomic mass is 10.1. The zero-order chi connectivity index (χ0) is 17.9. The van der Waals surface area contributed by atoms with Crippen LogP contribution in [0.25, 0.3) is 5.69 Å². The molecule has 1 unspecified atom stereocenters. The Bertz CT molecular complexity index is 750. The largest absolute Gasteiger partial charge is 0.479 e. The summed E-state index contributed by atoms with van der Waals surface area (Å²) in [6, 6.07) is 8.81. The van der Waals surface area contributed by atoms with Crippen LogP contribution in [0.2, 0.25) is 0 Å². The molecule has 0 aliphatic carbocycles. The minimum atomic E-state index is -2.03. The Labute approximate surface area is 139 Å². The molecule has 0 fully saturated rings. The Morgan fingerprint density at radius 3 is 2.46 bits per heavy atom. The van der Waals surface area contributed by atoms with Crippen LogP contribution in [0.3, 0.4) is 0 Å². The number of aryl methyl sites for hydroxylation is 2. The summed E-state index contributed by atoms with van der Waals surface area (Å²) >= 11 is 0. The fourth-order valence-electron chi connectivity index (χ4n) is 1.97. The SMILES string of the molecule is Cc1ccc(-n2nc(NC(=O)NCC(C)(O)C(=O)O)cc2C)cc1. The van der Waals surface area contributed by atoms with Crippen LogP contribution in [0.15, 0.2) is 30.3 Å². The molecule has 2 amide bonds. The van der Waals surface area contributed by atoms with Gasteiger partial charge in [0.15, 0.2) is 11.4 Å². The lowest BCUT2D eigenvalue weighted by Crippen LogP contribution is -2.47. The Morgan fingerprint density at radius 1 is 1.25 bits per heavy atom. The van der Waals surface area contributed by atoms with E-state index in [2.05, 4.69) is 15.7 Å². The number of carbonyl (C=O) groups excluding carboxylic acids is 1. The first-order chi connectivity index (χ1) is 11.2. The second-order valence-electron chi connectivity index (χ2n) is 5.80. The van der Waals surface area contributed by atoms with Gasteiger partial charge in [0.2, 0.25) is 0 Å². The number of rotatable bonds is 5. The summed E-state index contributed by atoms with van der Waals surface area (Å²) in [7, 11) is 0. The van der Waals surface area contributed by atoms with E-state index >= 15 is 0 Å². The van der Waals surface area contributed by atoms with Gasteiger partial charge in [0.25, 0.3) is 0 Å². The number of aliphatic hydroxyl groups is 1. The molecule has 2 rings (SSSR count). The Balaban J connectivity index is 2.03. The van der Waals surface area contributed by atoms with E-state index in [1.807, 2.05) is 38.1 Å². The molecule has 0 saturated heterocycles. The maximum absolute atomic E-state index is 11.8. The molecule has 128 valence electrons. The van der Waals surface area contributed by atoms with Gasteiger partial charge in [-0.05, 0) is 32.9 Å². The highest BCUT2D eigenvalue weighted by Crippen LogP contribution is 2.15. The van der Waals surface area contributed by atoms with Crippen molar-refractivity contribution >= 4 is 17.8 Å². The van der Waals surface area contributed by atoms with E-state index in [1.165, 1.54) is 0 Å². The number of amides is 2. The third-order valence-electron chi connectivity index (χ3n) is 3.46. The minimum Gasteiger partial charge on any atom is -0.479 e. The molecule has 1 heterocycles. The molecular formula is C16H20N4O4. The first kappa shape index (κ1) is 17.5. The van der Waals surface area contributed by atoms with Crippen molar-refractivity contribution in [3.05, 3.63) is 41.6 Å². The Hall–Kier alpha value is -2.87. The van der Waals surface area contributed by atoms with Gasteiger partial charge in [0.1, 0.15) is 0 Å². The van der Waals surface area contributed by atoms with Crippen molar-refractivity contribution in [2.75, 3.05) is 11.9 Å². The molecule has 0 saturated carbocycles. The van der Waals surface area contributed by atoms with Gasteiger partial charge in [-0.15, -0.1) is 5.10 Å². The number of nitrogens with zero attached hydrogens (tertiary/aromatic N) is 2. The van der Waals surface area contributed by atoms with Gasteiger partial charge in [0.05, 0.1) is 12.2 Å². The standard InChI is InChI=1S/C16H20N4O4/c1-10-4-6-12(7-5-10)20-11(2)8-13(19-20)18-15(23)17-9-16(3,24)14(21)22/h4-8,24H,9H2,1-3H3,(H,21,22)(H2,17,18,19,23). The second-order valence-corrected chi connectivity index (χ2v) is 5.80. The first-order valence-corrected chi connectivity index (χ1v) is 7.33. The average molecular weight is 332 g/mol. The zero-order valence-electron chi connectivity index (χ0n) is 13.7. The van der Waals surface area contributed by atoms with Gasteiger partial charge in [0, 0.05) is 11.8 Å². The van der Waals surface area contributed by atoms with Crippen LogP contribution in [0.5, 0.6) is 0 Å². The molecule has 1 atom stereocenters. The normalized spacial score (nSPS) is 13.2. The van der Waals surface area contributed by atoms with E-state index in [1.54, 1.807) is 10.7 Å². The van der Waals surface area contributed by atoms with Crippen molar-refractivity contribution in [1.29, 1.82) is 0 Å². The van der Waals surface area contributed by atoms with E-state index in [4.69, 9.17) is 5.11 Å². The number of hydrogen-bond donors (Lipinski definition) is 4. The van der Waals surface area contributed by atoms with E-state index < -0.39 is 24.1 Å². The highest BCUT2D eigenvalue weighted by atomic mass is 16.4. The predicted molar refractivity (Wildman–Crippen MR) is 88.3 cm³/mol. The molecule has 1 aromatic carbocycles. The van der Waals surface area contributed by atoms with Gasteiger partial charge in [-0.2, -0.15) is 0 Å². The van der Waals surface area contributed by atoms with Crippen molar-refractivity contribution in [2.45, 2.75) is 26.4 Å². The van der Waals surface area contributed by atoms with Crippen molar-refractivity contribution in [3.63, 3.8) is 0 Å². The molecule has 0 aliphatic rings. The Kier molecular flexibility index (Phi) is 4.89. The van der Waals surface area contributed by atoms with E-state index in [9.17, 15) is 14.7 Å². The molecule has 24 heavy (non-hydrogen) atoms. The minimum absolute atomic E-state index is 0.320. The maximum atomic E-state index is 11.8. The molecule has 0 aliphatic heterocycles. The van der Waals surface area contributed by atoms with Crippen LogP contribution in [0, 0.1) is 13.8 Å². The van der Waals surface area contributed by atoms with E-state index in [0.717, 1.165) is 23.9 Å². The molecule has 1 aromatic heterocycles. The fraction of sp³-hybridized carbons (Fsp3) is 0.312. The van der Waals surface area contributed by atoms with Crippen molar-refractivity contribution < 1.29 is 19.8 Å². The van der Waals surface area contributed by atoms with Crippen molar-refractivity contribution in [2.24, 2.45) is 0 Å². The molecule has 2 aromatic rings. The van der Waals surface area contributed by atoms with Crippen LogP contribution < -0.4 is 10.6 Å².